The number of fused-ring (bicyclic) bond motifs is 1. The van der Waals surface area contributed by atoms with Crippen molar-refractivity contribution in [1.82, 2.24) is 9.78 Å². The molecular weight excluding hydrogens is 431 g/mol. The average Bonchev–Trinajstić information content (AvgIpc) is 3.15. The van der Waals surface area contributed by atoms with Crippen LogP contribution < -0.4 is 5.32 Å². The number of benzene rings is 2. The Balaban J connectivity index is 1.68. The fraction of sp³-hybridized carbons (Fsp3) is 0.440. The second-order valence-corrected chi connectivity index (χ2v) is 9.57. The quantitative estimate of drug-likeness (QED) is 0.482. The van der Waals surface area contributed by atoms with Crippen LogP contribution in [0.3, 0.4) is 0 Å². The van der Waals surface area contributed by atoms with E-state index >= 15 is 0 Å². The number of anilines is 1. The normalized spacial score (nSPS) is 19.6. The zero-order valence-electron chi connectivity index (χ0n) is 18.9. The SMILES string of the molecule is CC1CCC(n2cc3cc(NC(=O)c4cccc(C(F)(F)F)c4)c(C(C)(C)O)cc3n2)CC1. The van der Waals surface area contributed by atoms with Crippen LogP contribution in [0, 0.1) is 5.92 Å². The van der Waals surface area contributed by atoms with Gasteiger partial charge in [-0.25, -0.2) is 0 Å². The first-order valence-corrected chi connectivity index (χ1v) is 11.2. The van der Waals surface area contributed by atoms with Crippen molar-refractivity contribution in [2.75, 3.05) is 5.32 Å². The molecule has 1 heterocycles. The first-order valence-electron chi connectivity index (χ1n) is 11.2. The number of rotatable bonds is 4. The number of nitrogens with one attached hydrogen (secondary N) is 1. The van der Waals surface area contributed by atoms with Gasteiger partial charge in [-0.3, -0.25) is 9.48 Å². The molecular formula is C25H28F3N3O2. The maximum atomic E-state index is 13.1. The summed E-state index contributed by atoms with van der Waals surface area (Å²) < 4.78 is 41.1. The minimum atomic E-state index is -4.54. The van der Waals surface area contributed by atoms with Crippen molar-refractivity contribution in [3.05, 3.63) is 59.3 Å². The largest absolute Gasteiger partial charge is 0.416 e. The van der Waals surface area contributed by atoms with Gasteiger partial charge in [0.05, 0.1) is 22.7 Å². The minimum absolute atomic E-state index is 0.112. The molecule has 5 nitrogen and oxygen atoms in total. The van der Waals surface area contributed by atoms with E-state index in [-0.39, 0.29) is 5.56 Å². The summed E-state index contributed by atoms with van der Waals surface area (Å²) in [6.07, 6.45) is 1.78. The number of carbonyl (C=O) groups is 1. The first-order chi connectivity index (χ1) is 15.4. The van der Waals surface area contributed by atoms with Crippen molar-refractivity contribution < 1.29 is 23.1 Å². The van der Waals surface area contributed by atoms with Gasteiger partial charge in [-0.1, -0.05) is 13.0 Å². The number of carbonyl (C=O) groups excluding carboxylic acids is 1. The summed E-state index contributed by atoms with van der Waals surface area (Å²) in [7, 11) is 0. The van der Waals surface area contributed by atoms with Crippen molar-refractivity contribution in [2.45, 2.75) is 64.3 Å². The van der Waals surface area contributed by atoms with Crippen LogP contribution in [0.1, 0.15) is 74.0 Å². The number of aromatic nitrogens is 2. The maximum Gasteiger partial charge on any atom is 0.416 e. The zero-order valence-corrected chi connectivity index (χ0v) is 18.9. The Bertz CT molecular complexity index is 1170. The third kappa shape index (κ3) is 5.05. The van der Waals surface area contributed by atoms with E-state index in [9.17, 15) is 23.1 Å². The van der Waals surface area contributed by atoms with Crippen LogP contribution in [-0.4, -0.2) is 20.8 Å². The molecule has 0 unspecified atom stereocenters. The summed E-state index contributed by atoms with van der Waals surface area (Å²) in [5.74, 6) is 0.0327. The standard InChI is InChI=1S/C25H28F3N3O2/c1-15-7-9-19(10-8-15)31-14-17-12-22(20(24(2,3)33)13-21(17)30-31)29-23(32)16-5-4-6-18(11-16)25(26,27)28/h4-6,11-15,19,33H,7-10H2,1-3H3,(H,29,32). The molecule has 1 fully saturated rings. The van der Waals surface area contributed by atoms with E-state index in [4.69, 9.17) is 5.10 Å². The Hall–Kier alpha value is -2.87. The molecule has 4 rings (SSSR count). The number of alkyl halides is 3. The zero-order chi connectivity index (χ0) is 24.0. The van der Waals surface area contributed by atoms with E-state index in [2.05, 4.69) is 12.2 Å². The molecule has 176 valence electrons. The predicted molar refractivity (Wildman–Crippen MR) is 121 cm³/mol. The van der Waals surface area contributed by atoms with Gasteiger partial charge in [0.15, 0.2) is 0 Å². The Labute approximate surface area is 190 Å². The monoisotopic (exact) mass is 459 g/mol. The van der Waals surface area contributed by atoms with Gasteiger partial charge in [-0.2, -0.15) is 18.3 Å². The highest BCUT2D eigenvalue weighted by Gasteiger charge is 2.31. The van der Waals surface area contributed by atoms with Crippen LogP contribution in [0.4, 0.5) is 18.9 Å². The fourth-order valence-electron chi connectivity index (χ4n) is 4.43. The Kier molecular flexibility index (Phi) is 5.99. The molecule has 1 aliphatic rings. The molecule has 8 heteroatoms. The Morgan fingerprint density at radius 2 is 1.82 bits per heavy atom. The number of hydrogen-bond donors (Lipinski definition) is 2. The molecule has 0 saturated heterocycles. The minimum Gasteiger partial charge on any atom is -0.386 e. The number of halogens is 3. The molecule has 1 amide bonds. The van der Waals surface area contributed by atoms with E-state index in [1.807, 2.05) is 10.9 Å². The van der Waals surface area contributed by atoms with Crippen LogP contribution in [0.2, 0.25) is 0 Å². The predicted octanol–water partition coefficient (Wildman–Crippen LogP) is 6.29. The van der Waals surface area contributed by atoms with Crippen molar-refractivity contribution >= 4 is 22.5 Å². The smallest absolute Gasteiger partial charge is 0.386 e. The molecule has 1 saturated carbocycles. The summed E-state index contributed by atoms with van der Waals surface area (Å²) in [5.41, 5.74) is -0.820. The van der Waals surface area contributed by atoms with Crippen LogP contribution in [0.15, 0.2) is 42.6 Å². The Morgan fingerprint density at radius 3 is 2.45 bits per heavy atom. The van der Waals surface area contributed by atoms with Crippen molar-refractivity contribution in [3.63, 3.8) is 0 Å². The highest BCUT2D eigenvalue weighted by atomic mass is 19.4. The summed E-state index contributed by atoms with van der Waals surface area (Å²) in [5, 5.41) is 18.9. The number of hydrogen-bond acceptors (Lipinski definition) is 3. The molecule has 0 spiro atoms. The average molecular weight is 460 g/mol. The first kappa shape index (κ1) is 23.3. The lowest BCUT2D eigenvalue weighted by Gasteiger charge is -2.26. The van der Waals surface area contributed by atoms with E-state index in [1.54, 1.807) is 26.0 Å². The number of amides is 1. The topological polar surface area (TPSA) is 67.2 Å². The highest BCUT2D eigenvalue weighted by molar-refractivity contribution is 6.05. The Morgan fingerprint density at radius 1 is 1.12 bits per heavy atom. The third-order valence-corrected chi connectivity index (χ3v) is 6.38. The van der Waals surface area contributed by atoms with Crippen molar-refractivity contribution in [1.29, 1.82) is 0 Å². The molecule has 2 N–H and O–H groups in total. The lowest BCUT2D eigenvalue weighted by molar-refractivity contribution is -0.137. The van der Waals surface area contributed by atoms with Gasteiger partial charge in [-0.05, 0) is 75.8 Å². The maximum absolute atomic E-state index is 13.1. The second kappa shape index (κ2) is 8.48. The van der Waals surface area contributed by atoms with Gasteiger partial charge >= 0.3 is 6.18 Å². The van der Waals surface area contributed by atoms with Crippen LogP contribution in [0.25, 0.3) is 10.9 Å². The fourth-order valence-corrected chi connectivity index (χ4v) is 4.43. The van der Waals surface area contributed by atoms with Gasteiger partial charge in [0.1, 0.15) is 0 Å². The summed E-state index contributed by atoms with van der Waals surface area (Å²) >= 11 is 0. The number of aliphatic hydroxyl groups is 1. The van der Waals surface area contributed by atoms with Gasteiger partial charge in [0, 0.05) is 28.4 Å². The van der Waals surface area contributed by atoms with Crippen LogP contribution in [0.5, 0.6) is 0 Å². The molecule has 0 bridgehead atoms. The molecule has 2 aromatic carbocycles. The molecule has 3 aromatic rings. The second-order valence-electron chi connectivity index (χ2n) is 9.57. The van der Waals surface area contributed by atoms with Gasteiger partial charge in [0.2, 0.25) is 0 Å². The molecule has 0 aliphatic heterocycles. The van der Waals surface area contributed by atoms with E-state index in [0.29, 0.717) is 28.7 Å². The van der Waals surface area contributed by atoms with Crippen molar-refractivity contribution in [3.8, 4) is 0 Å². The summed E-state index contributed by atoms with van der Waals surface area (Å²) in [6.45, 7) is 5.44. The third-order valence-electron chi connectivity index (χ3n) is 6.38. The number of nitrogens with zero attached hydrogens (tertiary/aromatic N) is 2. The van der Waals surface area contributed by atoms with E-state index < -0.39 is 23.2 Å². The molecule has 1 aromatic heterocycles. The molecule has 33 heavy (non-hydrogen) atoms. The summed E-state index contributed by atoms with van der Waals surface area (Å²) in [4.78, 5) is 12.8. The molecule has 1 aliphatic carbocycles. The van der Waals surface area contributed by atoms with Gasteiger partial charge < -0.3 is 10.4 Å². The van der Waals surface area contributed by atoms with E-state index in [1.165, 1.54) is 12.1 Å². The summed E-state index contributed by atoms with van der Waals surface area (Å²) in [6, 6.07) is 8.04. The lowest BCUT2D eigenvalue weighted by atomic mass is 9.87. The van der Waals surface area contributed by atoms with Gasteiger partial charge in [-0.15, -0.1) is 0 Å². The van der Waals surface area contributed by atoms with Crippen molar-refractivity contribution in [2.24, 2.45) is 5.92 Å². The lowest BCUT2D eigenvalue weighted by Crippen LogP contribution is -2.21. The molecule has 0 radical (unpaired) electrons. The highest BCUT2D eigenvalue weighted by Crippen LogP contribution is 2.36. The van der Waals surface area contributed by atoms with E-state index in [0.717, 1.165) is 43.2 Å². The molecule has 0 atom stereocenters. The van der Waals surface area contributed by atoms with Crippen LogP contribution >= 0.6 is 0 Å². The van der Waals surface area contributed by atoms with Crippen LogP contribution in [-0.2, 0) is 11.8 Å². The van der Waals surface area contributed by atoms with Gasteiger partial charge in [0.25, 0.3) is 5.91 Å².